The average Bonchev–Trinajstić information content (AvgIpc) is 2.20. The molecule has 3 atom stereocenters. The Kier molecular flexibility index (Phi) is 4.42. The van der Waals surface area contributed by atoms with Crippen LogP contribution in [-0.4, -0.2) is 26.6 Å². The van der Waals surface area contributed by atoms with Gasteiger partial charge in [-0.3, -0.25) is 4.57 Å². The van der Waals surface area contributed by atoms with Gasteiger partial charge in [-0.25, -0.2) is 4.57 Å². The number of rotatable bonds is 4. The molecule has 0 radical (unpaired) electrons. The average molecular weight is 309 g/mol. The van der Waals surface area contributed by atoms with Gasteiger partial charge in [0.25, 0.3) is 5.08 Å². The Balaban J connectivity index is 3.28. The van der Waals surface area contributed by atoms with Crippen molar-refractivity contribution in [3.8, 4) is 0 Å². The highest BCUT2D eigenvalue weighted by Gasteiger charge is 2.54. The molecule has 0 aliphatic carbocycles. The topological polar surface area (TPSA) is 122 Å². The molecule has 19 heavy (non-hydrogen) atoms. The van der Waals surface area contributed by atoms with Crippen molar-refractivity contribution in [1.82, 2.24) is 0 Å². The molecule has 0 spiro atoms. The van der Waals surface area contributed by atoms with Gasteiger partial charge in [0.1, 0.15) is 0 Å². The molecule has 1 aromatic heterocycles. The summed E-state index contributed by atoms with van der Waals surface area (Å²) in [6.45, 7) is 3.57. The number of pyridine rings is 1. The standard InChI is InChI=1S/C10H17NO6P2/c1-8-4-5-11(6-9(8)2)7-10(12,18(3,13)14)19(15,16)17/h4-6,12H,7H2,1-3H3,(H2-,13,14,15,16,17). The van der Waals surface area contributed by atoms with E-state index in [2.05, 4.69) is 0 Å². The van der Waals surface area contributed by atoms with E-state index in [4.69, 9.17) is 4.89 Å². The molecule has 0 aliphatic heterocycles. The Morgan fingerprint density at radius 1 is 1.32 bits per heavy atom. The van der Waals surface area contributed by atoms with Crippen LogP contribution in [-0.2, 0) is 15.7 Å². The lowest BCUT2D eigenvalue weighted by atomic mass is 10.2. The maximum atomic E-state index is 11.6. The number of aryl methyl sites for hydroxylation is 2. The summed E-state index contributed by atoms with van der Waals surface area (Å²) >= 11 is 0. The Labute approximate surface area is 111 Å². The van der Waals surface area contributed by atoms with Crippen LogP contribution in [0.4, 0.5) is 0 Å². The highest BCUT2D eigenvalue weighted by molar-refractivity contribution is 7.74. The van der Waals surface area contributed by atoms with Gasteiger partial charge in [-0.2, -0.15) is 0 Å². The molecule has 0 saturated carbocycles. The summed E-state index contributed by atoms with van der Waals surface area (Å²) < 4.78 is 24.1. The van der Waals surface area contributed by atoms with Crippen molar-refractivity contribution in [1.29, 1.82) is 0 Å². The molecule has 0 aromatic carbocycles. The summed E-state index contributed by atoms with van der Waals surface area (Å²) in [6.07, 6.45) is 2.98. The second-order valence-electron chi connectivity index (χ2n) is 4.66. The number of hydrogen-bond donors (Lipinski definition) is 3. The zero-order valence-electron chi connectivity index (χ0n) is 10.8. The molecule has 1 heterocycles. The van der Waals surface area contributed by atoms with Crippen LogP contribution in [0.1, 0.15) is 11.1 Å². The molecule has 0 saturated heterocycles. The van der Waals surface area contributed by atoms with Gasteiger partial charge in [0, 0.05) is 18.3 Å². The Morgan fingerprint density at radius 2 is 1.84 bits per heavy atom. The molecule has 108 valence electrons. The zero-order chi connectivity index (χ0) is 15.1. The van der Waals surface area contributed by atoms with Gasteiger partial charge >= 0.3 is 0 Å². The Morgan fingerprint density at radius 3 is 2.21 bits per heavy atom. The minimum Gasteiger partial charge on any atom is -0.776 e. The van der Waals surface area contributed by atoms with Crippen molar-refractivity contribution in [2.45, 2.75) is 25.5 Å². The van der Waals surface area contributed by atoms with Crippen LogP contribution in [0.25, 0.3) is 0 Å². The van der Waals surface area contributed by atoms with Crippen molar-refractivity contribution in [2.24, 2.45) is 0 Å². The third kappa shape index (κ3) is 3.31. The van der Waals surface area contributed by atoms with E-state index in [0.717, 1.165) is 11.1 Å². The van der Waals surface area contributed by atoms with Gasteiger partial charge in [0.15, 0.2) is 26.5 Å². The van der Waals surface area contributed by atoms with Gasteiger partial charge in [0.05, 0.1) is 0 Å². The molecule has 0 bridgehead atoms. The van der Waals surface area contributed by atoms with Gasteiger partial charge in [0.2, 0.25) is 7.37 Å². The van der Waals surface area contributed by atoms with Gasteiger partial charge in [-0.15, -0.1) is 0 Å². The van der Waals surface area contributed by atoms with Crippen molar-refractivity contribution < 1.29 is 33.5 Å². The maximum absolute atomic E-state index is 11.6. The van der Waals surface area contributed by atoms with Crippen molar-refractivity contribution in [3.05, 3.63) is 29.6 Å². The molecular weight excluding hydrogens is 292 g/mol. The largest absolute Gasteiger partial charge is 0.776 e. The third-order valence-electron chi connectivity index (χ3n) is 3.01. The highest BCUT2D eigenvalue weighted by Crippen LogP contribution is 2.65. The lowest BCUT2D eigenvalue weighted by Gasteiger charge is -2.35. The molecule has 3 N–H and O–H groups in total. The van der Waals surface area contributed by atoms with E-state index in [1.165, 1.54) is 17.0 Å². The predicted octanol–water partition coefficient (Wildman–Crippen LogP) is -0.317. The van der Waals surface area contributed by atoms with E-state index in [-0.39, 0.29) is 0 Å². The monoisotopic (exact) mass is 309 g/mol. The van der Waals surface area contributed by atoms with Crippen molar-refractivity contribution in [3.63, 3.8) is 0 Å². The second kappa shape index (κ2) is 5.09. The van der Waals surface area contributed by atoms with E-state index in [9.17, 15) is 24.0 Å². The van der Waals surface area contributed by atoms with Crippen LogP contribution in [0, 0.1) is 13.8 Å². The summed E-state index contributed by atoms with van der Waals surface area (Å²) in [6, 6.07) is 1.67. The molecule has 3 unspecified atom stereocenters. The molecule has 0 amide bonds. The van der Waals surface area contributed by atoms with Gasteiger partial charge in [-0.1, -0.05) is 0 Å². The molecule has 1 aromatic rings. The van der Waals surface area contributed by atoms with E-state index >= 15 is 0 Å². The lowest BCUT2D eigenvalue weighted by Crippen LogP contribution is -2.49. The molecule has 0 aliphatic rings. The second-order valence-corrected chi connectivity index (χ2v) is 9.29. The maximum Gasteiger partial charge on any atom is 0.263 e. The molecule has 1 rings (SSSR count). The highest BCUT2D eigenvalue weighted by atomic mass is 31.2. The first-order valence-electron chi connectivity index (χ1n) is 5.41. The summed E-state index contributed by atoms with van der Waals surface area (Å²) in [5.74, 6) is 0. The van der Waals surface area contributed by atoms with Gasteiger partial charge < -0.3 is 24.4 Å². The molecule has 9 heteroatoms. The van der Waals surface area contributed by atoms with Crippen LogP contribution in [0.15, 0.2) is 18.5 Å². The fraction of sp³-hybridized carbons (Fsp3) is 0.500. The zero-order valence-corrected chi connectivity index (χ0v) is 12.6. The van der Waals surface area contributed by atoms with E-state index in [1.807, 2.05) is 6.92 Å². The van der Waals surface area contributed by atoms with Crippen LogP contribution >= 0.6 is 15.0 Å². The minimum atomic E-state index is -5.43. The SMILES string of the molecule is Cc1cc[n+](CC(O)(P(C)(=O)O)P(=O)([O-])O)cc1C. The number of hydrogen-bond acceptors (Lipinski definition) is 4. The fourth-order valence-electron chi connectivity index (χ4n) is 1.53. The predicted molar refractivity (Wildman–Crippen MR) is 66.6 cm³/mol. The first-order chi connectivity index (χ1) is 8.38. The first-order valence-corrected chi connectivity index (χ1v) is 9.10. The summed E-state index contributed by atoms with van der Waals surface area (Å²) in [7, 11) is -9.92. The van der Waals surface area contributed by atoms with Crippen molar-refractivity contribution >= 4 is 15.0 Å². The molecule has 7 nitrogen and oxygen atoms in total. The number of aromatic nitrogens is 1. The van der Waals surface area contributed by atoms with E-state index < -0.39 is 26.6 Å². The smallest absolute Gasteiger partial charge is 0.263 e. The van der Waals surface area contributed by atoms with Gasteiger partial charge in [-0.05, 0) is 19.4 Å². The fourth-order valence-corrected chi connectivity index (χ4v) is 4.17. The summed E-state index contributed by atoms with van der Waals surface area (Å²) in [5, 5.41) is 6.83. The number of nitrogens with zero attached hydrogens (tertiary/aromatic N) is 1. The third-order valence-corrected chi connectivity index (χ3v) is 7.40. The minimum absolute atomic E-state index is 0.690. The summed E-state index contributed by atoms with van der Waals surface area (Å²) in [4.78, 5) is 29.7. The first kappa shape index (κ1) is 16.5. The Bertz CT molecular complexity index is 553. The molecular formula is C10H17NO6P2. The van der Waals surface area contributed by atoms with E-state index in [1.54, 1.807) is 13.0 Å². The quantitative estimate of drug-likeness (QED) is 0.518. The summed E-state index contributed by atoms with van der Waals surface area (Å²) in [5.41, 5.74) is 1.75. The normalized spacial score (nSPS) is 21.2. The number of aliphatic hydroxyl groups is 1. The van der Waals surface area contributed by atoms with Crippen LogP contribution in [0.5, 0.6) is 0 Å². The van der Waals surface area contributed by atoms with E-state index in [0.29, 0.717) is 6.66 Å². The molecule has 0 fully saturated rings. The van der Waals surface area contributed by atoms with Crippen molar-refractivity contribution in [2.75, 3.05) is 6.66 Å². The van der Waals surface area contributed by atoms with Crippen LogP contribution in [0.2, 0.25) is 0 Å². The lowest BCUT2D eigenvalue weighted by molar-refractivity contribution is -0.704. The Hall–Kier alpha value is -0.550. The van der Waals surface area contributed by atoms with Crippen LogP contribution in [0.3, 0.4) is 0 Å². The van der Waals surface area contributed by atoms with Crippen LogP contribution < -0.4 is 9.46 Å².